The van der Waals surface area contributed by atoms with E-state index in [4.69, 9.17) is 9.47 Å². The van der Waals surface area contributed by atoms with Crippen LogP contribution in [0.25, 0.3) is 15.4 Å². The van der Waals surface area contributed by atoms with Crippen LogP contribution in [0.1, 0.15) is 102 Å². The summed E-state index contributed by atoms with van der Waals surface area (Å²) in [6.07, 6.45) is 15.7. The van der Waals surface area contributed by atoms with Crippen molar-refractivity contribution in [2.75, 3.05) is 0 Å². The monoisotopic (exact) mass is 484 g/mol. The SMILES string of the molecule is CCCCCC[C@H](C)OC(=O)c1cn2cc(-c3ccc(O[C@@H](C)CCCCCC)cc3)sc2n1. The third-order valence-electron chi connectivity index (χ3n) is 6.08. The quantitative estimate of drug-likeness (QED) is 0.161. The number of thiazole rings is 1. The summed E-state index contributed by atoms with van der Waals surface area (Å²) in [4.78, 5) is 18.9. The van der Waals surface area contributed by atoms with Crippen molar-refractivity contribution in [2.24, 2.45) is 0 Å². The van der Waals surface area contributed by atoms with Crippen LogP contribution in [0.2, 0.25) is 0 Å². The largest absolute Gasteiger partial charge is 0.491 e. The lowest BCUT2D eigenvalue weighted by Crippen LogP contribution is -2.15. The molecule has 3 rings (SSSR count). The maximum atomic E-state index is 12.5. The molecule has 0 spiro atoms. The van der Waals surface area contributed by atoms with Gasteiger partial charge in [0.1, 0.15) is 5.75 Å². The standard InChI is InChI=1S/C28H40N2O3S/c1-5-7-9-11-13-21(3)32-24-17-15-23(16-18-24)26-20-30-19-25(29-28(30)34-26)27(31)33-22(4)14-12-10-8-6-2/h15-22H,5-14H2,1-4H3/t21-,22-/m0/s1. The first-order valence-corrected chi connectivity index (χ1v) is 13.8. The molecule has 0 fully saturated rings. The van der Waals surface area contributed by atoms with E-state index in [9.17, 15) is 4.79 Å². The van der Waals surface area contributed by atoms with Crippen LogP contribution in [0.4, 0.5) is 0 Å². The van der Waals surface area contributed by atoms with E-state index >= 15 is 0 Å². The van der Waals surface area contributed by atoms with Crippen LogP contribution in [0.5, 0.6) is 5.75 Å². The number of rotatable bonds is 15. The normalized spacial score (nSPS) is 13.2. The predicted molar refractivity (Wildman–Crippen MR) is 141 cm³/mol. The highest BCUT2D eigenvalue weighted by atomic mass is 32.1. The summed E-state index contributed by atoms with van der Waals surface area (Å²) in [5.74, 6) is 0.563. The molecule has 0 saturated carbocycles. The zero-order chi connectivity index (χ0) is 24.3. The van der Waals surface area contributed by atoms with Gasteiger partial charge in [0, 0.05) is 12.4 Å². The summed E-state index contributed by atoms with van der Waals surface area (Å²) in [5, 5.41) is 0. The van der Waals surface area contributed by atoms with Gasteiger partial charge in [-0.1, -0.05) is 63.7 Å². The molecule has 1 aromatic carbocycles. The highest BCUT2D eigenvalue weighted by molar-refractivity contribution is 7.20. The van der Waals surface area contributed by atoms with Crippen molar-refractivity contribution in [3.63, 3.8) is 0 Å². The molecule has 0 aliphatic rings. The van der Waals surface area contributed by atoms with Gasteiger partial charge in [-0.15, -0.1) is 0 Å². The first-order chi connectivity index (χ1) is 16.5. The van der Waals surface area contributed by atoms with Gasteiger partial charge in [0.05, 0.1) is 17.1 Å². The first kappa shape index (κ1) is 26.3. The van der Waals surface area contributed by atoms with Crippen molar-refractivity contribution in [3.8, 4) is 16.2 Å². The lowest BCUT2D eigenvalue weighted by Gasteiger charge is -2.14. The Kier molecular flexibility index (Phi) is 10.4. The van der Waals surface area contributed by atoms with E-state index in [1.807, 2.05) is 29.7 Å². The summed E-state index contributed by atoms with van der Waals surface area (Å²) in [6.45, 7) is 8.53. The van der Waals surface area contributed by atoms with E-state index in [0.29, 0.717) is 5.69 Å². The number of fused-ring (bicyclic) bond motifs is 1. The van der Waals surface area contributed by atoms with E-state index in [1.54, 1.807) is 17.5 Å². The average Bonchev–Trinajstić information content (AvgIpc) is 3.40. The average molecular weight is 485 g/mol. The number of imidazole rings is 1. The van der Waals surface area contributed by atoms with E-state index < -0.39 is 0 Å². The molecule has 6 heteroatoms. The number of benzene rings is 1. The van der Waals surface area contributed by atoms with E-state index in [1.165, 1.54) is 44.9 Å². The Morgan fingerprint density at radius 1 is 0.912 bits per heavy atom. The number of unbranched alkanes of at least 4 members (excludes halogenated alkanes) is 6. The van der Waals surface area contributed by atoms with Crippen molar-refractivity contribution in [2.45, 2.75) is 104 Å². The Balaban J connectivity index is 1.53. The predicted octanol–water partition coefficient (Wildman–Crippen LogP) is 8.32. The van der Waals surface area contributed by atoms with Crippen molar-refractivity contribution < 1.29 is 14.3 Å². The van der Waals surface area contributed by atoms with Gasteiger partial charge < -0.3 is 9.47 Å². The van der Waals surface area contributed by atoms with E-state index in [2.05, 4.69) is 37.9 Å². The van der Waals surface area contributed by atoms with E-state index in [-0.39, 0.29) is 18.2 Å². The van der Waals surface area contributed by atoms with Gasteiger partial charge in [0.25, 0.3) is 0 Å². The summed E-state index contributed by atoms with van der Waals surface area (Å²) >= 11 is 1.57. The summed E-state index contributed by atoms with van der Waals surface area (Å²) in [7, 11) is 0. The number of ether oxygens (including phenoxy) is 2. The molecule has 5 nitrogen and oxygen atoms in total. The smallest absolute Gasteiger partial charge is 0.358 e. The van der Waals surface area contributed by atoms with Gasteiger partial charge >= 0.3 is 5.97 Å². The Morgan fingerprint density at radius 2 is 1.56 bits per heavy atom. The minimum atomic E-state index is -0.342. The molecular formula is C28H40N2O3S. The summed E-state index contributed by atoms with van der Waals surface area (Å²) in [6, 6.07) is 8.23. The lowest BCUT2D eigenvalue weighted by atomic mass is 10.1. The fourth-order valence-electron chi connectivity index (χ4n) is 4.04. The molecule has 2 aromatic heterocycles. The zero-order valence-corrected chi connectivity index (χ0v) is 22.0. The number of carbonyl (C=O) groups excluding carboxylic acids is 1. The molecule has 0 saturated heterocycles. The highest BCUT2D eigenvalue weighted by Crippen LogP contribution is 2.30. The molecule has 186 valence electrons. The van der Waals surface area contributed by atoms with Gasteiger partial charge in [-0.25, -0.2) is 9.78 Å². The number of aromatic nitrogens is 2. The Bertz CT molecular complexity index is 977. The van der Waals surface area contributed by atoms with Crippen molar-refractivity contribution in [1.82, 2.24) is 9.38 Å². The second kappa shape index (κ2) is 13.5. The molecule has 0 radical (unpaired) electrons. The maximum absolute atomic E-state index is 12.5. The molecule has 0 aliphatic heterocycles. The van der Waals surface area contributed by atoms with Crippen molar-refractivity contribution in [1.29, 1.82) is 0 Å². The molecule has 2 heterocycles. The summed E-state index contributed by atoms with van der Waals surface area (Å²) < 4.78 is 13.6. The van der Waals surface area contributed by atoms with Gasteiger partial charge in [0.2, 0.25) is 0 Å². The number of hydrogen-bond acceptors (Lipinski definition) is 5. The molecule has 0 aliphatic carbocycles. The second-order valence-corrected chi connectivity index (χ2v) is 10.3. The van der Waals surface area contributed by atoms with Crippen LogP contribution in [-0.4, -0.2) is 27.6 Å². The van der Waals surface area contributed by atoms with E-state index in [0.717, 1.165) is 40.4 Å². The molecule has 0 unspecified atom stereocenters. The number of hydrogen-bond donors (Lipinski definition) is 0. The lowest BCUT2D eigenvalue weighted by molar-refractivity contribution is 0.0313. The van der Waals surface area contributed by atoms with Crippen LogP contribution in [0, 0.1) is 0 Å². The fraction of sp³-hybridized carbons (Fsp3) is 0.571. The van der Waals surface area contributed by atoms with Crippen LogP contribution < -0.4 is 4.74 Å². The molecule has 0 N–H and O–H groups in total. The Hall–Kier alpha value is -2.34. The van der Waals surface area contributed by atoms with Crippen molar-refractivity contribution >= 4 is 22.3 Å². The first-order valence-electron chi connectivity index (χ1n) is 13.0. The number of nitrogens with zero attached hydrogens (tertiary/aromatic N) is 2. The third kappa shape index (κ3) is 7.86. The second-order valence-electron chi connectivity index (χ2n) is 9.28. The van der Waals surface area contributed by atoms with Crippen LogP contribution in [0.3, 0.4) is 0 Å². The minimum Gasteiger partial charge on any atom is -0.491 e. The molecule has 2 atom stereocenters. The Labute approximate surface area is 208 Å². The molecule has 3 aromatic rings. The van der Waals surface area contributed by atoms with Gasteiger partial charge in [-0.3, -0.25) is 4.40 Å². The van der Waals surface area contributed by atoms with Crippen LogP contribution in [0.15, 0.2) is 36.7 Å². The van der Waals surface area contributed by atoms with Crippen molar-refractivity contribution in [3.05, 3.63) is 42.4 Å². The Morgan fingerprint density at radius 3 is 2.18 bits per heavy atom. The van der Waals surface area contributed by atoms with Crippen LogP contribution in [-0.2, 0) is 4.74 Å². The highest BCUT2D eigenvalue weighted by Gasteiger charge is 2.17. The summed E-state index contributed by atoms with van der Waals surface area (Å²) in [5.41, 5.74) is 1.48. The number of esters is 1. The minimum absolute atomic E-state index is 0.0838. The maximum Gasteiger partial charge on any atom is 0.358 e. The van der Waals surface area contributed by atoms with Gasteiger partial charge in [-0.2, -0.15) is 0 Å². The topological polar surface area (TPSA) is 52.8 Å². The van der Waals surface area contributed by atoms with Crippen LogP contribution >= 0.6 is 11.3 Å². The van der Waals surface area contributed by atoms with Gasteiger partial charge in [0.15, 0.2) is 10.7 Å². The molecule has 0 bridgehead atoms. The van der Waals surface area contributed by atoms with Gasteiger partial charge in [-0.05, 0) is 69.4 Å². The third-order valence-corrected chi connectivity index (χ3v) is 7.12. The molecule has 34 heavy (non-hydrogen) atoms. The zero-order valence-electron chi connectivity index (χ0n) is 21.2. The fourth-order valence-corrected chi connectivity index (χ4v) is 5.01. The molecule has 0 amide bonds. The number of carbonyl (C=O) groups is 1. The molecular weight excluding hydrogens is 444 g/mol.